The molecule has 14 heavy (non-hydrogen) atoms. The van der Waals surface area contributed by atoms with Crippen LogP contribution in [0.5, 0.6) is 0 Å². The Morgan fingerprint density at radius 3 is 2.86 bits per heavy atom. The minimum atomic E-state index is -0.571. The lowest BCUT2D eigenvalue weighted by molar-refractivity contribution is 0.108. The number of benzene rings is 1. The zero-order valence-corrected chi connectivity index (χ0v) is 8.04. The number of carbonyl (C=O) groups is 1. The van der Waals surface area contributed by atoms with E-state index in [2.05, 4.69) is 0 Å². The Hall–Kier alpha value is -1.55. The molecule has 0 unspecified atom stereocenters. The van der Waals surface area contributed by atoms with Crippen LogP contribution in [0.2, 0.25) is 0 Å². The van der Waals surface area contributed by atoms with E-state index < -0.39 is 11.0 Å². The highest BCUT2D eigenvalue weighted by atomic mass is 35.5. The van der Waals surface area contributed by atoms with E-state index in [1.807, 2.05) is 0 Å². The van der Waals surface area contributed by atoms with Gasteiger partial charge in [0.2, 0.25) is 0 Å². The molecule has 0 spiro atoms. The molecule has 0 bridgehead atoms. The van der Waals surface area contributed by atoms with Crippen molar-refractivity contribution in [1.82, 2.24) is 4.57 Å². The smallest absolute Gasteiger partial charge is 0.408 e. The van der Waals surface area contributed by atoms with E-state index >= 15 is 0 Å². The summed E-state index contributed by atoms with van der Waals surface area (Å²) in [4.78, 5) is 21.9. The van der Waals surface area contributed by atoms with E-state index in [9.17, 15) is 9.59 Å². The molecule has 0 aliphatic heterocycles. The number of aryl methyl sites for hydroxylation is 1. The van der Waals surface area contributed by atoms with Gasteiger partial charge in [-0.25, -0.2) is 4.79 Å². The number of oxazole rings is 1. The third-order valence-corrected chi connectivity index (χ3v) is 2.24. The molecule has 0 radical (unpaired) electrons. The third kappa shape index (κ3) is 1.24. The maximum atomic E-state index is 11.1. The van der Waals surface area contributed by atoms with Gasteiger partial charge in [-0.3, -0.25) is 9.36 Å². The second-order valence-corrected chi connectivity index (χ2v) is 3.23. The molecule has 0 fully saturated rings. The van der Waals surface area contributed by atoms with Gasteiger partial charge < -0.3 is 4.42 Å². The van der Waals surface area contributed by atoms with E-state index in [4.69, 9.17) is 16.0 Å². The Morgan fingerprint density at radius 2 is 2.21 bits per heavy atom. The van der Waals surface area contributed by atoms with Gasteiger partial charge in [-0.2, -0.15) is 0 Å². The van der Waals surface area contributed by atoms with Crippen molar-refractivity contribution in [3.8, 4) is 0 Å². The molecule has 0 aliphatic carbocycles. The number of nitrogens with zero attached hydrogens (tertiary/aromatic N) is 1. The maximum Gasteiger partial charge on any atom is 0.419 e. The molecule has 0 N–H and O–H groups in total. The summed E-state index contributed by atoms with van der Waals surface area (Å²) in [6, 6.07) is 4.62. The summed E-state index contributed by atoms with van der Waals surface area (Å²) in [5.74, 6) is -0.459. The van der Waals surface area contributed by atoms with Crippen molar-refractivity contribution in [2.24, 2.45) is 7.05 Å². The topological polar surface area (TPSA) is 52.2 Å². The molecular formula is C9H6ClNO3. The molecule has 1 aromatic carbocycles. The van der Waals surface area contributed by atoms with Crippen LogP contribution in [0.3, 0.4) is 0 Å². The van der Waals surface area contributed by atoms with Gasteiger partial charge in [0, 0.05) is 12.6 Å². The predicted molar refractivity (Wildman–Crippen MR) is 51.6 cm³/mol. The Bertz CT molecular complexity index is 567. The van der Waals surface area contributed by atoms with Gasteiger partial charge in [-0.05, 0) is 29.8 Å². The van der Waals surface area contributed by atoms with Crippen LogP contribution in [-0.4, -0.2) is 9.81 Å². The number of fused-ring (bicyclic) bond motifs is 1. The second kappa shape index (κ2) is 2.99. The average Bonchev–Trinajstić information content (AvgIpc) is 2.42. The molecule has 2 aromatic rings. The zero-order chi connectivity index (χ0) is 10.3. The molecule has 1 heterocycles. The first kappa shape index (κ1) is 9.02. The van der Waals surface area contributed by atoms with Crippen molar-refractivity contribution in [2.45, 2.75) is 0 Å². The summed E-state index contributed by atoms with van der Waals surface area (Å²) in [6.45, 7) is 0. The molecule has 0 saturated heterocycles. The quantitative estimate of drug-likeness (QED) is 0.672. The Labute approximate surface area is 83.7 Å². The van der Waals surface area contributed by atoms with Crippen LogP contribution in [0.1, 0.15) is 10.4 Å². The average molecular weight is 212 g/mol. The lowest BCUT2D eigenvalue weighted by Gasteiger charge is -1.93. The van der Waals surface area contributed by atoms with E-state index in [0.717, 1.165) is 0 Å². The van der Waals surface area contributed by atoms with Crippen molar-refractivity contribution in [3.05, 3.63) is 34.3 Å². The molecule has 1 aromatic heterocycles. The number of hydrogen-bond donors (Lipinski definition) is 0. The van der Waals surface area contributed by atoms with Gasteiger partial charge in [0.05, 0.1) is 5.52 Å². The van der Waals surface area contributed by atoms with E-state index in [-0.39, 0.29) is 0 Å². The zero-order valence-electron chi connectivity index (χ0n) is 7.28. The summed E-state index contributed by atoms with van der Waals surface area (Å²) in [5.41, 5.74) is 1.31. The lowest BCUT2D eigenvalue weighted by atomic mass is 10.2. The SMILES string of the molecule is Cn1c(=O)oc2cc(C(=O)Cl)ccc21. The molecule has 0 aliphatic rings. The van der Waals surface area contributed by atoms with Crippen LogP contribution in [0.4, 0.5) is 0 Å². The highest BCUT2D eigenvalue weighted by molar-refractivity contribution is 6.67. The fourth-order valence-corrected chi connectivity index (χ4v) is 1.37. The molecule has 72 valence electrons. The molecule has 2 rings (SSSR count). The number of rotatable bonds is 1. The molecule has 5 heteroatoms. The minimum Gasteiger partial charge on any atom is -0.408 e. The predicted octanol–water partition coefficient (Wildman–Crippen LogP) is 1.51. The van der Waals surface area contributed by atoms with E-state index in [0.29, 0.717) is 16.7 Å². The van der Waals surface area contributed by atoms with E-state index in [1.165, 1.54) is 10.6 Å². The van der Waals surface area contributed by atoms with Crippen LogP contribution in [0, 0.1) is 0 Å². The first-order valence-electron chi connectivity index (χ1n) is 3.89. The number of carbonyl (C=O) groups excluding carboxylic acids is 1. The van der Waals surface area contributed by atoms with Crippen LogP contribution >= 0.6 is 11.6 Å². The first-order valence-corrected chi connectivity index (χ1v) is 4.27. The standard InChI is InChI=1S/C9H6ClNO3/c1-11-6-3-2-5(8(10)12)4-7(6)14-9(11)13/h2-4H,1H3. The molecule has 4 nitrogen and oxygen atoms in total. The highest BCUT2D eigenvalue weighted by Crippen LogP contribution is 2.15. The Kier molecular flexibility index (Phi) is 1.93. The monoisotopic (exact) mass is 211 g/mol. The summed E-state index contributed by atoms with van der Waals surface area (Å²) in [6.07, 6.45) is 0. The lowest BCUT2D eigenvalue weighted by Crippen LogP contribution is -2.08. The first-order chi connectivity index (χ1) is 6.59. The van der Waals surface area contributed by atoms with E-state index in [1.54, 1.807) is 19.2 Å². The molecule has 0 saturated carbocycles. The Balaban J connectivity index is 2.80. The van der Waals surface area contributed by atoms with Crippen molar-refractivity contribution in [3.63, 3.8) is 0 Å². The van der Waals surface area contributed by atoms with Crippen molar-refractivity contribution in [2.75, 3.05) is 0 Å². The summed E-state index contributed by atoms with van der Waals surface area (Å²) < 4.78 is 6.24. The normalized spacial score (nSPS) is 10.7. The van der Waals surface area contributed by atoms with Gasteiger partial charge >= 0.3 is 5.76 Å². The summed E-state index contributed by atoms with van der Waals surface area (Å²) in [7, 11) is 1.59. The van der Waals surface area contributed by atoms with Crippen molar-refractivity contribution >= 4 is 27.9 Å². The largest absolute Gasteiger partial charge is 0.419 e. The van der Waals surface area contributed by atoms with Gasteiger partial charge in [0.25, 0.3) is 5.24 Å². The fraction of sp³-hybridized carbons (Fsp3) is 0.111. The molecule has 0 amide bonds. The summed E-state index contributed by atoms with van der Waals surface area (Å²) in [5, 5.41) is -0.571. The minimum absolute atomic E-state index is 0.313. The van der Waals surface area contributed by atoms with Gasteiger partial charge in [-0.15, -0.1) is 0 Å². The maximum absolute atomic E-state index is 11.1. The fourth-order valence-electron chi connectivity index (χ4n) is 1.26. The van der Waals surface area contributed by atoms with Gasteiger partial charge in [0.1, 0.15) is 0 Å². The third-order valence-electron chi connectivity index (χ3n) is 2.02. The van der Waals surface area contributed by atoms with Gasteiger partial charge in [-0.1, -0.05) is 0 Å². The van der Waals surface area contributed by atoms with Crippen LogP contribution in [0.15, 0.2) is 27.4 Å². The molecular weight excluding hydrogens is 206 g/mol. The summed E-state index contributed by atoms with van der Waals surface area (Å²) >= 11 is 5.28. The second-order valence-electron chi connectivity index (χ2n) is 2.88. The number of hydrogen-bond acceptors (Lipinski definition) is 3. The molecule has 0 atom stereocenters. The number of halogens is 1. The van der Waals surface area contributed by atoms with Crippen LogP contribution < -0.4 is 5.76 Å². The Morgan fingerprint density at radius 1 is 1.50 bits per heavy atom. The van der Waals surface area contributed by atoms with Crippen LogP contribution in [-0.2, 0) is 7.05 Å². The highest BCUT2D eigenvalue weighted by Gasteiger charge is 2.08. The van der Waals surface area contributed by atoms with Crippen LogP contribution in [0.25, 0.3) is 11.1 Å². The number of aromatic nitrogens is 1. The van der Waals surface area contributed by atoms with Gasteiger partial charge in [0.15, 0.2) is 5.58 Å². The van der Waals surface area contributed by atoms with Crippen molar-refractivity contribution in [1.29, 1.82) is 0 Å². The van der Waals surface area contributed by atoms with Crippen molar-refractivity contribution < 1.29 is 9.21 Å².